The Morgan fingerprint density at radius 1 is 1.47 bits per heavy atom. The van der Waals surface area contributed by atoms with Gasteiger partial charge in [-0.2, -0.15) is 0 Å². The van der Waals surface area contributed by atoms with Crippen LogP contribution < -0.4 is 10.5 Å². The van der Waals surface area contributed by atoms with E-state index in [1.165, 1.54) is 12.0 Å². The molecule has 0 spiro atoms. The van der Waals surface area contributed by atoms with E-state index in [1.54, 1.807) is 7.11 Å². The lowest BCUT2D eigenvalue weighted by Gasteiger charge is -2.42. The maximum Gasteiger partial charge on any atom is 0.124 e. The van der Waals surface area contributed by atoms with E-state index in [1.807, 2.05) is 18.2 Å². The average molecular weight is 226 g/mol. The van der Waals surface area contributed by atoms with Crippen molar-refractivity contribution in [3.63, 3.8) is 0 Å². The Hall–Kier alpha value is -0.730. The zero-order valence-corrected chi connectivity index (χ0v) is 9.68. The number of benzene rings is 1. The average Bonchev–Trinajstić information content (AvgIpc) is 2.19. The van der Waals surface area contributed by atoms with Crippen LogP contribution in [0.2, 0.25) is 5.02 Å². The van der Waals surface area contributed by atoms with Gasteiger partial charge in [0.2, 0.25) is 0 Å². The molecule has 15 heavy (non-hydrogen) atoms. The third kappa shape index (κ3) is 1.72. The summed E-state index contributed by atoms with van der Waals surface area (Å²) >= 11 is 5.94. The molecule has 0 aromatic heterocycles. The van der Waals surface area contributed by atoms with E-state index in [2.05, 4.69) is 0 Å². The van der Waals surface area contributed by atoms with Crippen LogP contribution in [0.1, 0.15) is 24.8 Å². The van der Waals surface area contributed by atoms with Gasteiger partial charge in [-0.3, -0.25) is 0 Å². The van der Waals surface area contributed by atoms with Gasteiger partial charge >= 0.3 is 0 Å². The fraction of sp³-hybridized carbons (Fsp3) is 0.500. The van der Waals surface area contributed by atoms with Crippen LogP contribution in [0.15, 0.2) is 18.2 Å². The SMILES string of the molecule is COc1cc(Cl)ccc1C1(CN)CCC1. The molecular formula is C12H16ClNO. The van der Waals surface area contributed by atoms with Crippen molar-refractivity contribution in [2.45, 2.75) is 24.7 Å². The normalized spacial score (nSPS) is 18.3. The van der Waals surface area contributed by atoms with Crippen LogP contribution in [0.3, 0.4) is 0 Å². The maximum absolute atomic E-state index is 5.94. The standard InChI is InChI=1S/C12H16ClNO/c1-15-11-7-9(13)3-4-10(11)12(8-14)5-2-6-12/h3-4,7H,2,5-6,8,14H2,1H3. The van der Waals surface area contributed by atoms with Crippen LogP contribution in [-0.4, -0.2) is 13.7 Å². The van der Waals surface area contributed by atoms with Crippen LogP contribution in [-0.2, 0) is 5.41 Å². The van der Waals surface area contributed by atoms with Gasteiger partial charge in [0.25, 0.3) is 0 Å². The van der Waals surface area contributed by atoms with Crippen molar-refractivity contribution in [1.29, 1.82) is 0 Å². The predicted octanol–water partition coefficient (Wildman–Crippen LogP) is 2.73. The maximum atomic E-state index is 5.94. The molecule has 0 unspecified atom stereocenters. The van der Waals surface area contributed by atoms with E-state index in [9.17, 15) is 0 Å². The molecule has 0 aliphatic heterocycles. The van der Waals surface area contributed by atoms with Crippen molar-refractivity contribution in [3.8, 4) is 5.75 Å². The molecule has 0 bridgehead atoms. The molecule has 0 saturated heterocycles. The second-order valence-electron chi connectivity index (χ2n) is 4.18. The van der Waals surface area contributed by atoms with Crippen molar-refractivity contribution >= 4 is 11.6 Å². The van der Waals surface area contributed by atoms with Crippen molar-refractivity contribution in [2.24, 2.45) is 5.73 Å². The van der Waals surface area contributed by atoms with Crippen LogP contribution in [0.25, 0.3) is 0 Å². The third-order valence-corrected chi connectivity index (χ3v) is 3.67. The summed E-state index contributed by atoms with van der Waals surface area (Å²) in [5.41, 5.74) is 7.22. The zero-order valence-electron chi connectivity index (χ0n) is 8.92. The molecule has 0 amide bonds. The monoisotopic (exact) mass is 225 g/mol. The summed E-state index contributed by atoms with van der Waals surface area (Å²) in [4.78, 5) is 0. The molecule has 1 aliphatic carbocycles. The van der Waals surface area contributed by atoms with Gasteiger partial charge in [0.15, 0.2) is 0 Å². The number of ether oxygens (including phenoxy) is 1. The molecule has 1 aromatic carbocycles. The summed E-state index contributed by atoms with van der Waals surface area (Å²) in [5, 5.41) is 0.710. The molecule has 1 fully saturated rings. The number of halogens is 1. The van der Waals surface area contributed by atoms with Crippen LogP contribution in [0.4, 0.5) is 0 Å². The van der Waals surface area contributed by atoms with Gasteiger partial charge in [0.1, 0.15) is 5.75 Å². The van der Waals surface area contributed by atoms with Gasteiger partial charge in [-0.05, 0) is 25.0 Å². The molecule has 3 heteroatoms. The summed E-state index contributed by atoms with van der Waals surface area (Å²) in [6, 6.07) is 5.83. The highest BCUT2D eigenvalue weighted by atomic mass is 35.5. The van der Waals surface area contributed by atoms with Crippen LogP contribution >= 0.6 is 11.6 Å². The fourth-order valence-electron chi connectivity index (χ4n) is 2.29. The second kappa shape index (κ2) is 4.03. The Morgan fingerprint density at radius 3 is 2.67 bits per heavy atom. The lowest BCUT2D eigenvalue weighted by Crippen LogP contribution is -2.41. The van der Waals surface area contributed by atoms with Gasteiger partial charge in [-0.25, -0.2) is 0 Å². The van der Waals surface area contributed by atoms with E-state index in [-0.39, 0.29) is 5.41 Å². The molecular weight excluding hydrogens is 210 g/mol. The number of nitrogens with two attached hydrogens (primary N) is 1. The minimum Gasteiger partial charge on any atom is -0.496 e. The minimum atomic E-state index is 0.135. The fourth-order valence-corrected chi connectivity index (χ4v) is 2.45. The molecule has 0 heterocycles. The number of hydrogen-bond acceptors (Lipinski definition) is 2. The molecule has 2 N–H and O–H groups in total. The Morgan fingerprint density at radius 2 is 2.20 bits per heavy atom. The van der Waals surface area contributed by atoms with Crippen molar-refractivity contribution in [2.75, 3.05) is 13.7 Å². The largest absolute Gasteiger partial charge is 0.496 e. The van der Waals surface area contributed by atoms with Crippen molar-refractivity contribution in [1.82, 2.24) is 0 Å². The first kappa shape index (κ1) is 10.8. The molecule has 1 aliphatic rings. The summed E-state index contributed by atoms with van der Waals surface area (Å²) in [5.74, 6) is 0.868. The van der Waals surface area contributed by atoms with Crippen molar-refractivity contribution < 1.29 is 4.74 Å². The summed E-state index contributed by atoms with van der Waals surface area (Å²) in [7, 11) is 1.68. The van der Waals surface area contributed by atoms with Gasteiger partial charge < -0.3 is 10.5 Å². The van der Waals surface area contributed by atoms with Crippen LogP contribution in [0, 0.1) is 0 Å². The van der Waals surface area contributed by atoms with E-state index in [0.717, 1.165) is 18.6 Å². The number of rotatable bonds is 3. The Bertz CT molecular complexity index is 355. The summed E-state index contributed by atoms with van der Waals surface area (Å²) in [6.07, 6.45) is 3.56. The first-order valence-electron chi connectivity index (χ1n) is 5.26. The molecule has 2 rings (SSSR count). The first-order valence-corrected chi connectivity index (χ1v) is 5.64. The molecule has 2 nitrogen and oxygen atoms in total. The smallest absolute Gasteiger partial charge is 0.124 e. The topological polar surface area (TPSA) is 35.2 Å². The second-order valence-corrected chi connectivity index (χ2v) is 4.62. The van der Waals surface area contributed by atoms with E-state index in [4.69, 9.17) is 22.1 Å². The predicted molar refractivity (Wildman–Crippen MR) is 62.6 cm³/mol. The molecule has 1 aromatic rings. The third-order valence-electron chi connectivity index (χ3n) is 3.44. The van der Waals surface area contributed by atoms with Gasteiger partial charge in [0.05, 0.1) is 7.11 Å². The number of methoxy groups -OCH3 is 1. The van der Waals surface area contributed by atoms with E-state index >= 15 is 0 Å². The Labute approximate surface area is 95.4 Å². The molecule has 1 saturated carbocycles. The quantitative estimate of drug-likeness (QED) is 0.859. The van der Waals surface area contributed by atoms with Crippen LogP contribution in [0.5, 0.6) is 5.75 Å². The molecule has 0 atom stereocenters. The Balaban J connectivity index is 2.42. The summed E-state index contributed by atoms with van der Waals surface area (Å²) < 4.78 is 5.37. The Kier molecular flexibility index (Phi) is 2.89. The highest BCUT2D eigenvalue weighted by Crippen LogP contribution is 2.46. The minimum absolute atomic E-state index is 0.135. The van der Waals surface area contributed by atoms with E-state index < -0.39 is 0 Å². The van der Waals surface area contributed by atoms with E-state index in [0.29, 0.717) is 11.6 Å². The first-order chi connectivity index (χ1) is 7.22. The lowest BCUT2D eigenvalue weighted by atomic mass is 9.64. The highest BCUT2D eigenvalue weighted by molar-refractivity contribution is 6.30. The van der Waals surface area contributed by atoms with Crippen molar-refractivity contribution in [3.05, 3.63) is 28.8 Å². The number of hydrogen-bond donors (Lipinski definition) is 1. The summed E-state index contributed by atoms with van der Waals surface area (Å²) in [6.45, 7) is 0.686. The van der Waals surface area contributed by atoms with Gasteiger partial charge in [-0.1, -0.05) is 24.1 Å². The highest BCUT2D eigenvalue weighted by Gasteiger charge is 2.39. The molecule has 82 valence electrons. The lowest BCUT2D eigenvalue weighted by molar-refractivity contribution is 0.243. The van der Waals surface area contributed by atoms with Gasteiger partial charge in [0, 0.05) is 22.5 Å². The van der Waals surface area contributed by atoms with Gasteiger partial charge in [-0.15, -0.1) is 0 Å². The zero-order chi connectivity index (χ0) is 10.9. The molecule has 0 radical (unpaired) electrons.